The molecule has 0 atom stereocenters. The second kappa shape index (κ2) is 4.40. The van der Waals surface area contributed by atoms with Crippen molar-refractivity contribution in [1.82, 2.24) is 5.32 Å². The lowest BCUT2D eigenvalue weighted by Gasteiger charge is -2.05. The maximum Gasteiger partial charge on any atom is 0.254 e. The lowest BCUT2D eigenvalue weighted by Crippen LogP contribution is -2.22. The van der Waals surface area contributed by atoms with Gasteiger partial charge in [-0.3, -0.25) is 14.9 Å². The van der Waals surface area contributed by atoms with Crippen LogP contribution in [0.15, 0.2) is 11.1 Å². The van der Waals surface area contributed by atoms with Crippen molar-refractivity contribution in [3.63, 3.8) is 0 Å². The van der Waals surface area contributed by atoms with E-state index in [2.05, 4.69) is 5.32 Å². The Morgan fingerprint density at radius 3 is 1.38 bits per heavy atom. The fraction of sp³-hybridized carbons (Fsp3) is 0.692. The second-order valence-corrected chi connectivity index (χ2v) is 5.16. The lowest BCUT2D eigenvalue weighted by molar-refractivity contribution is -0.124. The number of fused-ring (bicyclic) bond motifs is 2. The zero-order valence-corrected chi connectivity index (χ0v) is 10.0. The Morgan fingerprint density at radius 1 is 0.875 bits per heavy atom. The van der Waals surface area contributed by atoms with Crippen molar-refractivity contribution in [3.05, 3.63) is 11.1 Å². The summed E-state index contributed by atoms with van der Waals surface area (Å²) in [7, 11) is 0. The average molecular weight is 221 g/mol. The first-order valence-electron chi connectivity index (χ1n) is 6.11. The van der Waals surface area contributed by atoms with E-state index in [0.29, 0.717) is 11.1 Å². The highest BCUT2D eigenvalue weighted by Gasteiger charge is 2.30. The first-order valence-corrected chi connectivity index (χ1v) is 6.11. The minimum atomic E-state index is -0.266. The van der Waals surface area contributed by atoms with Crippen LogP contribution in [0.25, 0.3) is 0 Å². The van der Waals surface area contributed by atoms with Gasteiger partial charge in [0, 0.05) is 11.1 Å². The summed E-state index contributed by atoms with van der Waals surface area (Å²) in [4.78, 5) is 21.2. The Labute approximate surface area is 96.3 Å². The summed E-state index contributed by atoms with van der Waals surface area (Å²) in [6, 6.07) is 0. The zero-order valence-electron chi connectivity index (χ0n) is 10.0. The van der Waals surface area contributed by atoms with Crippen LogP contribution < -0.4 is 5.32 Å². The molecule has 88 valence electrons. The van der Waals surface area contributed by atoms with Crippen LogP contribution in [0.4, 0.5) is 0 Å². The summed E-state index contributed by atoms with van der Waals surface area (Å²) < 4.78 is 0. The van der Waals surface area contributed by atoms with E-state index >= 15 is 0 Å². The third kappa shape index (κ3) is 2.18. The molecule has 3 rings (SSSR count). The average Bonchev–Trinajstić information content (AvgIpc) is 2.95. The first kappa shape index (κ1) is 11.4. The van der Waals surface area contributed by atoms with Crippen molar-refractivity contribution in [2.45, 2.75) is 46.0 Å². The predicted molar refractivity (Wildman–Crippen MR) is 61.6 cm³/mol. The molecule has 0 aromatic heterocycles. The van der Waals surface area contributed by atoms with Crippen LogP contribution >= 0.6 is 0 Å². The van der Waals surface area contributed by atoms with Crippen molar-refractivity contribution in [2.75, 3.05) is 0 Å². The summed E-state index contributed by atoms with van der Waals surface area (Å²) in [5.74, 6) is 1.81. The van der Waals surface area contributed by atoms with E-state index in [9.17, 15) is 9.59 Å². The highest BCUT2D eigenvalue weighted by molar-refractivity contribution is 6.18. The minimum Gasteiger partial charge on any atom is -0.289 e. The van der Waals surface area contributed by atoms with Crippen molar-refractivity contribution in [2.24, 2.45) is 11.8 Å². The molecule has 3 aliphatic rings. The molecule has 0 aromatic carbocycles. The molecule has 1 aliphatic heterocycles. The minimum absolute atomic E-state index is 0.266. The van der Waals surface area contributed by atoms with E-state index in [0.717, 1.165) is 0 Å². The SMILES string of the molecule is C1CC2CCC1C2.CC1=C(C)C(=O)NC1=O. The number of amides is 2. The molecule has 0 aromatic rings. The Hall–Kier alpha value is -1.12. The van der Waals surface area contributed by atoms with Gasteiger partial charge in [-0.15, -0.1) is 0 Å². The van der Waals surface area contributed by atoms with Gasteiger partial charge in [0.2, 0.25) is 0 Å². The van der Waals surface area contributed by atoms with Crippen LogP contribution in [0, 0.1) is 11.8 Å². The molecule has 2 saturated carbocycles. The highest BCUT2D eigenvalue weighted by Crippen LogP contribution is 2.43. The molecule has 2 bridgehead atoms. The number of carbonyl (C=O) groups excluding carboxylic acids is 2. The molecule has 3 nitrogen and oxygen atoms in total. The molecule has 0 saturated heterocycles. The standard InChI is InChI=1S/C7H12.C6H7NO2/c1-2-7-4-3-6(1)5-7;1-3-4(2)6(9)7-5(3)8/h6-7H,1-5H2;1-2H3,(H,7,8,9). The second-order valence-electron chi connectivity index (χ2n) is 5.16. The van der Waals surface area contributed by atoms with Gasteiger partial charge >= 0.3 is 0 Å². The molecule has 1 N–H and O–H groups in total. The van der Waals surface area contributed by atoms with E-state index in [-0.39, 0.29) is 11.8 Å². The highest BCUT2D eigenvalue weighted by atomic mass is 16.2. The quantitative estimate of drug-likeness (QED) is 0.637. The van der Waals surface area contributed by atoms with E-state index in [1.807, 2.05) is 0 Å². The topological polar surface area (TPSA) is 46.2 Å². The molecule has 2 aliphatic carbocycles. The molecule has 0 spiro atoms. The molecular formula is C13H19NO2. The summed E-state index contributed by atoms with van der Waals surface area (Å²) >= 11 is 0. The van der Waals surface area contributed by atoms with Crippen molar-refractivity contribution < 1.29 is 9.59 Å². The third-order valence-corrected chi connectivity index (χ3v) is 4.10. The maximum absolute atomic E-state index is 10.6. The molecule has 3 heteroatoms. The summed E-state index contributed by atoms with van der Waals surface area (Å²) in [5.41, 5.74) is 1.06. The van der Waals surface area contributed by atoms with Crippen LogP contribution in [0.2, 0.25) is 0 Å². The number of nitrogens with one attached hydrogen (secondary N) is 1. The van der Waals surface area contributed by atoms with Crippen molar-refractivity contribution >= 4 is 11.8 Å². The lowest BCUT2D eigenvalue weighted by atomic mass is 10.0. The van der Waals surface area contributed by atoms with Gasteiger partial charge in [-0.2, -0.15) is 0 Å². The Morgan fingerprint density at radius 2 is 1.25 bits per heavy atom. The van der Waals surface area contributed by atoms with Crippen molar-refractivity contribution in [1.29, 1.82) is 0 Å². The summed E-state index contributed by atoms with van der Waals surface area (Å²) in [6.45, 7) is 3.27. The molecule has 2 amide bonds. The number of carbonyl (C=O) groups is 2. The third-order valence-electron chi connectivity index (χ3n) is 4.10. The number of imide groups is 1. The van der Waals surface area contributed by atoms with Crippen LogP contribution in [0.1, 0.15) is 46.0 Å². The Bertz CT molecular complexity index is 317. The first-order chi connectivity index (χ1) is 7.58. The van der Waals surface area contributed by atoms with Gasteiger partial charge in [0.1, 0.15) is 0 Å². The smallest absolute Gasteiger partial charge is 0.254 e. The van der Waals surface area contributed by atoms with Gasteiger partial charge in [0.15, 0.2) is 0 Å². The van der Waals surface area contributed by atoms with E-state index in [4.69, 9.17) is 0 Å². The molecular weight excluding hydrogens is 202 g/mol. The molecule has 1 heterocycles. The van der Waals surface area contributed by atoms with Crippen LogP contribution in [0.5, 0.6) is 0 Å². The molecule has 0 unspecified atom stereocenters. The van der Waals surface area contributed by atoms with E-state index in [1.165, 1.54) is 11.8 Å². The van der Waals surface area contributed by atoms with Gasteiger partial charge in [0.05, 0.1) is 0 Å². The number of hydrogen-bond acceptors (Lipinski definition) is 2. The summed E-state index contributed by atoms with van der Waals surface area (Å²) in [6.07, 6.45) is 7.82. The van der Waals surface area contributed by atoms with E-state index in [1.54, 1.807) is 46.0 Å². The maximum atomic E-state index is 10.6. The van der Waals surface area contributed by atoms with E-state index < -0.39 is 0 Å². The Balaban J connectivity index is 0.000000123. The fourth-order valence-corrected chi connectivity index (χ4v) is 2.81. The monoisotopic (exact) mass is 221 g/mol. The van der Waals surface area contributed by atoms with Crippen LogP contribution in [0.3, 0.4) is 0 Å². The normalized spacial score (nSPS) is 31.6. The molecule has 16 heavy (non-hydrogen) atoms. The Kier molecular flexibility index (Phi) is 3.13. The zero-order chi connectivity index (χ0) is 11.7. The number of hydrogen-bond donors (Lipinski definition) is 1. The van der Waals surface area contributed by atoms with Gasteiger partial charge in [-0.1, -0.05) is 25.7 Å². The predicted octanol–water partition coefficient (Wildman–Crippen LogP) is 2.18. The molecule has 0 radical (unpaired) electrons. The van der Waals surface area contributed by atoms with Gasteiger partial charge in [-0.05, 0) is 32.1 Å². The fourth-order valence-electron chi connectivity index (χ4n) is 2.81. The largest absolute Gasteiger partial charge is 0.289 e. The van der Waals surface area contributed by atoms with Crippen molar-refractivity contribution in [3.8, 4) is 0 Å². The van der Waals surface area contributed by atoms with Gasteiger partial charge in [0.25, 0.3) is 11.8 Å². The van der Waals surface area contributed by atoms with Crippen LogP contribution in [-0.4, -0.2) is 11.8 Å². The van der Waals surface area contributed by atoms with Gasteiger partial charge in [-0.25, -0.2) is 0 Å². The number of rotatable bonds is 0. The van der Waals surface area contributed by atoms with Crippen LogP contribution in [-0.2, 0) is 9.59 Å². The molecule has 2 fully saturated rings. The van der Waals surface area contributed by atoms with Gasteiger partial charge < -0.3 is 0 Å². The summed E-state index contributed by atoms with van der Waals surface area (Å²) in [5, 5.41) is 2.16.